The Kier molecular flexibility index (Phi) is 13.9. The van der Waals surface area contributed by atoms with Crippen LogP contribution >= 0.6 is 23.2 Å². The first kappa shape index (κ1) is 39.9. The van der Waals surface area contributed by atoms with E-state index in [9.17, 15) is 19.2 Å². The van der Waals surface area contributed by atoms with E-state index in [0.717, 1.165) is 44.8 Å². The molecule has 2 aliphatic rings. The van der Waals surface area contributed by atoms with Crippen molar-refractivity contribution in [2.24, 2.45) is 0 Å². The van der Waals surface area contributed by atoms with Crippen molar-refractivity contribution in [3.63, 3.8) is 0 Å². The van der Waals surface area contributed by atoms with Crippen LogP contribution in [0.25, 0.3) is 22.4 Å². The van der Waals surface area contributed by atoms with Gasteiger partial charge in [0.25, 0.3) is 17.4 Å². The Morgan fingerprint density at radius 1 is 0.709 bits per heavy atom. The maximum absolute atomic E-state index is 13.6. The molecule has 4 amide bonds. The topological polar surface area (TPSA) is 154 Å². The molecule has 6 rings (SSSR count). The molecule has 13 nitrogen and oxygen atoms in total. The van der Waals surface area contributed by atoms with E-state index < -0.39 is 11.6 Å². The molecule has 4 N–H and O–H groups in total. The minimum absolute atomic E-state index is 0.0113. The van der Waals surface area contributed by atoms with Gasteiger partial charge in [0.05, 0.1) is 21.4 Å². The molecule has 0 spiro atoms. The van der Waals surface area contributed by atoms with Crippen molar-refractivity contribution >= 4 is 52.4 Å². The number of piperidine rings is 2. The van der Waals surface area contributed by atoms with E-state index in [2.05, 4.69) is 41.1 Å². The van der Waals surface area contributed by atoms with Gasteiger partial charge < -0.3 is 31.1 Å². The number of amides is 4. The van der Waals surface area contributed by atoms with E-state index in [1.54, 1.807) is 25.1 Å². The fourth-order valence-electron chi connectivity index (χ4n) is 6.92. The molecule has 2 aliphatic heterocycles. The van der Waals surface area contributed by atoms with E-state index in [0.29, 0.717) is 41.0 Å². The van der Waals surface area contributed by atoms with Gasteiger partial charge in [-0.3, -0.25) is 19.4 Å². The zero-order valence-corrected chi connectivity index (χ0v) is 32.5. The van der Waals surface area contributed by atoms with Gasteiger partial charge in [0, 0.05) is 61.8 Å². The molecule has 0 unspecified atom stereocenters. The number of nitrogens with one attached hydrogen (secondary N) is 4. The number of aryl methyl sites for hydroxylation is 1. The number of benzene rings is 2. The van der Waals surface area contributed by atoms with Gasteiger partial charge in [0.15, 0.2) is 0 Å². The largest absolute Gasteiger partial charge is 0.351 e. The zero-order valence-electron chi connectivity index (χ0n) is 31.0. The number of rotatable bonds is 13. The van der Waals surface area contributed by atoms with Gasteiger partial charge in [-0.15, -0.1) is 0 Å². The van der Waals surface area contributed by atoms with Crippen molar-refractivity contribution in [3.8, 4) is 22.4 Å². The van der Waals surface area contributed by atoms with Gasteiger partial charge in [0.2, 0.25) is 0 Å². The average molecular weight is 789 g/mol. The minimum Gasteiger partial charge on any atom is -0.351 e. The number of nitrogens with zero attached hydrogens (tertiary/aromatic N) is 5. The fourth-order valence-corrected chi connectivity index (χ4v) is 7.38. The van der Waals surface area contributed by atoms with Gasteiger partial charge >= 0.3 is 6.03 Å². The first-order valence-corrected chi connectivity index (χ1v) is 19.7. The minimum atomic E-state index is -0.728. The maximum Gasteiger partial charge on any atom is 0.323 e. The number of halogens is 2. The quantitative estimate of drug-likeness (QED) is 0.122. The highest BCUT2D eigenvalue weighted by Crippen LogP contribution is 2.30. The number of urea groups is 1. The smallest absolute Gasteiger partial charge is 0.323 e. The van der Waals surface area contributed by atoms with E-state index in [4.69, 9.17) is 23.2 Å². The Labute approximate surface area is 330 Å². The fraction of sp³-hybridized carbons (Fsp3) is 0.400. The molecule has 290 valence electrons. The number of pyridine rings is 1. The Hall–Kier alpha value is -4.82. The molecule has 2 saturated heterocycles. The van der Waals surface area contributed by atoms with Crippen LogP contribution in [0.1, 0.15) is 66.2 Å². The number of carbonyl (C=O) groups is 3. The molecule has 0 atom stereocenters. The van der Waals surface area contributed by atoms with Crippen molar-refractivity contribution in [2.45, 2.75) is 52.0 Å². The molecular weight excluding hydrogens is 741 g/mol. The molecule has 15 heteroatoms. The maximum atomic E-state index is 13.6. The van der Waals surface area contributed by atoms with Gasteiger partial charge in [-0.05, 0) is 100 Å². The van der Waals surface area contributed by atoms with Gasteiger partial charge in [-0.25, -0.2) is 9.48 Å². The molecule has 0 saturated carbocycles. The highest BCUT2D eigenvalue weighted by atomic mass is 35.5. The molecule has 0 aliphatic carbocycles. The van der Waals surface area contributed by atoms with Crippen LogP contribution in [0, 0.1) is 0 Å². The van der Waals surface area contributed by atoms with Crippen molar-refractivity contribution < 1.29 is 14.4 Å². The van der Waals surface area contributed by atoms with E-state index in [1.165, 1.54) is 61.7 Å². The lowest BCUT2D eigenvalue weighted by Gasteiger charge is -2.26. The van der Waals surface area contributed by atoms with E-state index in [1.807, 2.05) is 24.3 Å². The van der Waals surface area contributed by atoms with Crippen LogP contribution in [0.15, 0.2) is 65.7 Å². The third kappa shape index (κ3) is 10.7. The second-order valence-corrected chi connectivity index (χ2v) is 14.6. The first-order chi connectivity index (χ1) is 26.7. The number of aromatic nitrogens is 3. The van der Waals surface area contributed by atoms with Gasteiger partial charge in [0.1, 0.15) is 5.69 Å². The number of hydrogen-bond donors (Lipinski definition) is 4. The number of carbonyl (C=O) groups excluding carboxylic acids is 3. The predicted octanol–water partition coefficient (Wildman–Crippen LogP) is 6.37. The summed E-state index contributed by atoms with van der Waals surface area (Å²) >= 11 is 12.3. The van der Waals surface area contributed by atoms with E-state index in [-0.39, 0.29) is 39.8 Å². The molecule has 0 radical (unpaired) electrons. The summed E-state index contributed by atoms with van der Waals surface area (Å²) in [7, 11) is 0. The molecular formula is C40H47Cl2N9O4. The molecule has 2 fully saturated rings. The third-order valence-corrected chi connectivity index (χ3v) is 10.5. The predicted molar refractivity (Wildman–Crippen MR) is 217 cm³/mol. The SMILES string of the molecule is CCn1nc(-c2cccc(-c3cc(C(=O)NCCN4CCCCC4)cc(C(=O)NCCN4CCCCC4)c3)c2)cc(NC(=O)Nc2c(Cl)cncc2Cl)c1=O. The van der Waals surface area contributed by atoms with Gasteiger partial charge in [-0.1, -0.05) is 54.2 Å². The lowest BCUT2D eigenvalue weighted by molar-refractivity contribution is 0.0946. The zero-order chi connectivity index (χ0) is 38.7. The van der Waals surface area contributed by atoms with Crippen molar-refractivity contribution in [1.82, 2.24) is 35.2 Å². The van der Waals surface area contributed by atoms with Crippen LogP contribution in [0.2, 0.25) is 10.0 Å². The van der Waals surface area contributed by atoms with Crippen molar-refractivity contribution in [3.05, 3.63) is 92.5 Å². The Morgan fingerprint density at radius 3 is 1.84 bits per heavy atom. The second kappa shape index (κ2) is 19.2. The Balaban J connectivity index is 1.26. The van der Waals surface area contributed by atoms with Gasteiger partial charge in [-0.2, -0.15) is 5.10 Å². The number of likely N-dealkylation sites (tertiary alicyclic amines) is 2. The normalized spacial score (nSPS) is 15.0. The van der Waals surface area contributed by atoms with Crippen LogP contribution in [0.3, 0.4) is 0 Å². The molecule has 2 aromatic heterocycles. The number of hydrogen-bond acceptors (Lipinski definition) is 8. The highest BCUT2D eigenvalue weighted by molar-refractivity contribution is 6.39. The standard InChI is InChI=1S/C40H47Cl2N9O4/c1-2-51-39(54)35(46-40(55)47-36-32(41)25-43-26-33(36)42)24-34(48-51)28-11-9-10-27(20-28)29-21-30(37(52)44-12-18-49-14-5-3-6-15-49)23-31(22-29)38(53)45-13-19-50-16-7-4-8-17-50/h9-11,20-26H,2-8,12-19H2,1H3,(H,44,52)(H,45,53)(H2,43,46,47,55). The van der Waals surface area contributed by atoms with Crippen molar-refractivity contribution in [2.75, 3.05) is 63.0 Å². The van der Waals surface area contributed by atoms with Crippen LogP contribution in [-0.4, -0.2) is 94.8 Å². The van der Waals surface area contributed by atoms with Crippen LogP contribution < -0.4 is 26.8 Å². The van der Waals surface area contributed by atoms with Crippen molar-refractivity contribution in [1.29, 1.82) is 0 Å². The first-order valence-electron chi connectivity index (χ1n) is 18.9. The molecule has 0 bridgehead atoms. The average Bonchev–Trinajstić information content (AvgIpc) is 3.20. The molecule has 2 aromatic carbocycles. The van der Waals surface area contributed by atoms with Crippen LogP contribution in [0.4, 0.5) is 16.2 Å². The van der Waals surface area contributed by atoms with E-state index >= 15 is 0 Å². The second-order valence-electron chi connectivity index (χ2n) is 13.8. The Bertz CT molecular complexity index is 1990. The lowest BCUT2D eigenvalue weighted by Crippen LogP contribution is -2.38. The summed E-state index contributed by atoms with van der Waals surface area (Å²) in [5.74, 6) is -0.505. The third-order valence-electron chi connectivity index (χ3n) is 9.89. The lowest BCUT2D eigenvalue weighted by atomic mass is 9.97. The summed E-state index contributed by atoms with van der Waals surface area (Å²) < 4.78 is 1.26. The molecule has 4 heterocycles. The summed E-state index contributed by atoms with van der Waals surface area (Å²) in [6, 6.07) is 13.4. The monoisotopic (exact) mass is 787 g/mol. The van der Waals surface area contributed by atoms with Crippen LogP contribution in [0.5, 0.6) is 0 Å². The molecule has 4 aromatic rings. The van der Waals surface area contributed by atoms with Crippen LogP contribution in [-0.2, 0) is 6.54 Å². The molecule has 55 heavy (non-hydrogen) atoms. The highest BCUT2D eigenvalue weighted by Gasteiger charge is 2.19. The summed E-state index contributed by atoms with van der Waals surface area (Å²) in [4.78, 5) is 62.0. The summed E-state index contributed by atoms with van der Waals surface area (Å²) in [5, 5.41) is 16.1. The summed E-state index contributed by atoms with van der Waals surface area (Å²) in [6.07, 6.45) is 9.85. The number of anilines is 2. The summed E-state index contributed by atoms with van der Waals surface area (Å²) in [5.41, 5.74) is 2.86. The Morgan fingerprint density at radius 2 is 1.27 bits per heavy atom. The summed E-state index contributed by atoms with van der Waals surface area (Å²) in [6.45, 7) is 8.72.